The molecular weight excluding hydrogens is 498 g/mol. The Morgan fingerprint density at radius 3 is 2.52 bits per heavy atom. The number of benzene rings is 3. The number of hydrogen-bond donors (Lipinski definition) is 1. The van der Waals surface area contributed by atoms with Crippen molar-refractivity contribution in [1.29, 1.82) is 0 Å². The number of amides is 4. The second-order valence-electron chi connectivity index (χ2n) is 7.01. The maximum Gasteiger partial charge on any atom is 0.336 e. The molecule has 0 saturated carbocycles. The normalized spacial score (nSPS) is 15.1. The van der Waals surface area contributed by atoms with Crippen molar-refractivity contribution in [1.82, 2.24) is 5.32 Å². The molecule has 4 rings (SSSR count). The van der Waals surface area contributed by atoms with Crippen molar-refractivity contribution >= 4 is 45.5 Å². The smallest absolute Gasteiger partial charge is 0.336 e. The zero-order valence-corrected chi connectivity index (χ0v) is 18.4. The average molecular weight is 513 g/mol. The Bertz CT molecular complexity index is 1310. The minimum Gasteiger partial charge on any atom is -0.488 e. The van der Waals surface area contributed by atoms with Crippen molar-refractivity contribution in [2.24, 2.45) is 0 Å². The van der Waals surface area contributed by atoms with E-state index in [0.29, 0.717) is 26.2 Å². The third kappa shape index (κ3) is 4.83. The molecule has 0 radical (unpaired) electrons. The van der Waals surface area contributed by atoms with Gasteiger partial charge in [0.25, 0.3) is 11.8 Å². The van der Waals surface area contributed by atoms with Crippen LogP contribution in [-0.4, -0.2) is 17.8 Å². The van der Waals surface area contributed by atoms with E-state index in [2.05, 4.69) is 21.2 Å². The molecular formula is C24H15BrF2N2O4. The predicted octanol–water partition coefficient (Wildman–Crippen LogP) is 4.97. The van der Waals surface area contributed by atoms with Crippen LogP contribution in [0.25, 0.3) is 6.08 Å². The summed E-state index contributed by atoms with van der Waals surface area (Å²) in [6.45, 7) is 0.0372. The van der Waals surface area contributed by atoms with Crippen LogP contribution in [0.4, 0.5) is 19.3 Å². The molecule has 4 amide bonds. The Hall–Kier alpha value is -3.85. The first-order chi connectivity index (χ1) is 15.8. The SMILES string of the molecule is O=C1NC(=O)N(c2ccccc2F)C(=O)/C1=C\c1cc(Br)ccc1OCc1cccc(F)c1. The lowest BCUT2D eigenvalue weighted by atomic mass is 10.1. The average Bonchev–Trinajstić information content (AvgIpc) is 2.77. The number of urea groups is 1. The zero-order chi connectivity index (χ0) is 23.5. The summed E-state index contributed by atoms with van der Waals surface area (Å²) in [6.07, 6.45) is 1.25. The highest BCUT2D eigenvalue weighted by atomic mass is 79.9. The number of rotatable bonds is 5. The van der Waals surface area contributed by atoms with Crippen LogP contribution in [0, 0.1) is 11.6 Å². The van der Waals surface area contributed by atoms with E-state index >= 15 is 0 Å². The van der Waals surface area contributed by atoms with Crippen LogP contribution in [-0.2, 0) is 16.2 Å². The number of halogens is 3. The van der Waals surface area contributed by atoms with Crippen molar-refractivity contribution in [3.63, 3.8) is 0 Å². The molecule has 0 aliphatic carbocycles. The molecule has 6 nitrogen and oxygen atoms in total. The number of nitrogens with zero attached hydrogens (tertiary/aromatic N) is 1. The molecule has 1 saturated heterocycles. The van der Waals surface area contributed by atoms with Crippen molar-refractivity contribution in [2.75, 3.05) is 4.90 Å². The van der Waals surface area contributed by atoms with Crippen LogP contribution >= 0.6 is 15.9 Å². The van der Waals surface area contributed by atoms with E-state index in [0.717, 1.165) is 6.07 Å². The maximum atomic E-state index is 14.2. The van der Waals surface area contributed by atoms with Crippen LogP contribution in [0.5, 0.6) is 5.75 Å². The summed E-state index contributed by atoms with van der Waals surface area (Å²) in [6, 6.07) is 15.0. The molecule has 9 heteroatoms. The van der Waals surface area contributed by atoms with Gasteiger partial charge in [-0.2, -0.15) is 0 Å². The number of carbonyl (C=O) groups is 3. The quantitative estimate of drug-likeness (QED) is 0.386. The molecule has 1 heterocycles. The number of hydrogen-bond acceptors (Lipinski definition) is 4. The first-order valence-corrected chi connectivity index (χ1v) is 10.5. The van der Waals surface area contributed by atoms with Gasteiger partial charge in [0.05, 0.1) is 5.69 Å². The van der Waals surface area contributed by atoms with Gasteiger partial charge in [0.15, 0.2) is 0 Å². The van der Waals surface area contributed by atoms with Gasteiger partial charge in [0, 0.05) is 10.0 Å². The number of ether oxygens (including phenoxy) is 1. The van der Waals surface area contributed by atoms with E-state index in [1.807, 2.05) is 0 Å². The lowest BCUT2D eigenvalue weighted by molar-refractivity contribution is -0.122. The van der Waals surface area contributed by atoms with Crippen LogP contribution in [0.3, 0.4) is 0 Å². The monoisotopic (exact) mass is 512 g/mol. The minimum atomic E-state index is -1.05. The second kappa shape index (κ2) is 9.33. The van der Waals surface area contributed by atoms with Gasteiger partial charge in [0.1, 0.15) is 29.6 Å². The number of para-hydroxylation sites is 1. The van der Waals surface area contributed by atoms with Gasteiger partial charge in [-0.1, -0.05) is 40.2 Å². The summed E-state index contributed by atoms with van der Waals surface area (Å²) in [4.78, 5) is 38.3. The summed E-state index contributed by atoms with van der Waals surface area (Å²) in [5.41, 5.74) is 0.267. The van der Waals surface area contributed by atoms with Crippen LogP contribution < -0.4 is 15.0 Å². The van der Waals surface area contributed by atoms with Gasteiger partial charge in [-0.3, -0.25) is 14.9 Å². The summed E-state index contributed by atoms with van der Waals surface area (Å²) >= 11 is 3.33. The molecule has 0 atom stereocenters. The van der Waals surface area contributed by atoms with Gasteiger partial charge in [-0.15, -0.1) is 0 Å². The largest absolute Gasteiger partial charge is 0.488 e. The van der Waals surface area contributed by atoms with Gasteiger partial charge in [-0.05, 0) is 54.1 Å². The van der Waals surface area contributed by atoms with Gasteiger partial charge in [-0.25, -0.2) is 18.5 Å². The fourth-order valence-electron chi connectivity index (χ4n) is 3.22. The molecule has 166 valence electrons. The Labute approximate surface area is 195 Å². The standard InChI is InChI=1S/C24H15BrF2N2O4/c25-16-8-9-21(33-13-14-4-3-5-17(26)10-14)15(11-16)12-18-22(30)28-24(32)29(23(18)31)20-7-2-1-6-19(20)27/h1-12H,13H2,(H,28,30,32)/b18-12-. The van der Waals surface area contributed by atoms with Crippen molar-refractivity contribution < 1.29 is 27.9 Å². The summed E-state index contributed by atoms with van der Waals surface area (Å²) < 4.78 is 34.1. The van der Waals surface area contributed by atoms with E-state index in [-0.39, 0.29) is 17.9 Å². The lowest BCUT2D eigenvalue weighted by Gasteiger charge is -2.26. The number of barbiturate groups is 1. The fraction of sp³-hybridized carbons (Fsp3) is 0.0417. The molecule has 0 aromatic heterocycles. The first kappa shape index (κ1) is 22.3. The van der Waals surface area contributed by atoms with E-state index in [9.17, 15) is 23.2 Å². The highest BCUT2D eigenvalue weighted by Gasteiger charge is 2.38. The third-order valence-electron chi connectivity index (χ3n) is 4.75. The summed E-state index contributed by atoms with van der Waals surface area (Å²) in [5.74, 6) is -2.80. The third-order valence-corrected chi connectivity index (χ3v) is 5.24. The molecule has 0 spiro atoms. The second-order valence-corrected chi connectivity index (χ2v) is 7.93. The van der Waals surface area contributed by atoms with Crippen molar-refractivity contribution in [3.05, 3.63) is 99.5 Å². The van der Waals surface area contributed by atoms with E-state index < -0.39 is 29.5 Å². The molecule has 0 bridgehead atoms. The van der Waals surface area contributed by atoms with Crippen LogP contribution in [0.15, 0.2) is 76.8 Å². The summed E-state index contributed by atoms with van der Waals surface area (Å²) in [7, 11) is 0. The number of anilines is 1. The Morgan fingerprint density at radius 1 is 0.970 bits per heavy atom. The van der Waals surface area contributed by atoms with Crippen LogP contribution in [0.1, 0.15) is 11.1 Å². The van der Waals surface area contributed by atoms with E-state index in [1.54, 1.807) is 30.3 Å². The van der Waals surface area contributed by atoms with Gasteiger partial charge in [0.2, 0.25) is 0 Å². The highest BCUT2D eigenvalue weighted by molar-refractivity contribution is 9.10. The Kier molecular flexibility index (Phi) is 6.32. The van der Waals surface area contributed by atoms with Gasteiger partial charge >= 0.3 is 6.03 Å². The Balaban J connectivity index is 1.69. The van der Waals surface area contributed by atoms with Crippen molar-refractivity contribution in [2.45, 2.75) is 6.61 Å². The molecule has 3 aromatic rings. The van der Waals surface area contributed by atoms with Crippen molar-refractivity contribution in [3.8, 4) is 5.75 Å². The number of imide groups is 2. The molecule has 0 unspecified atom stereocenters. The predicted molar refractivity (Wildman–Crippen MR) is 120 cm³/mol. The molecule has 1 aliphatic rings. The first-order valence-electron chi connectivity index (χ1n) is 9.66. The highest BCUT2D eigenvalue weighted by Crippen LogP contribution is 2.29. The zero-order valence-electron chi connectivity index (χ0n) is 16.8. The topological polar surface area (TPSA) is 75.7 Å². The van der Waals surface area contributed by atoms with Gasteiger partial charge < -0.3 is 4.74 Å². The van der Waals surface area contributed by atoms with Crippen LogP contribution in [0.2, 0.25) is 0 Å². The molecule has 1 fully saturated rings. The molecule has 3 aromatic carbocycles. The minimum absolute atomic E-state index is 0.0372. The Morgan fingerprint density at radius 2 is 1.76 bits per heavy atom. The lowest BCUT2D eigenvalue weighted by Crippen LogP contribution is -2.54. The number of nitrogens with one attached hydrogen (secondary N) is 1. The summed E-state index contributed by atoms with van der Waals surface area (Å²) in [5, 5.41) is 2.05. The van der Waals surface area contributed by atoms with E-state index in [4.69, 9.17) is 4.74 Å². The molecule has 33 heavy (non-hydrogen) atoms. The van der Waals surface area contributed by atoms with E-state index in [1.165, 1.54) is 36.4 Å². The number of carbonyl (C=O) groups excluding carboxylic acids is 3. The fourth-order valence-corrected chi connectivity index (χ4v) is 3.60. The molecule has 1 N–H and O–H groups in total. The maximum absolute atomic E-state index is 14.2. The molecule has 1 aliphatic heterocycles.